The van der Waals surface area contributed by atoms with E-state index >= 15 is 0 Å². The predicted molar refractivity (Wildman–Crippen MR) is 76.2 cm³/mol. The molecule has 2 aromatic rings. The lowest BCUT2D eigenvalue weighted by atomic mass is 10.4. The van der Waals surface area contributed by atoms with E-state index in [-0.39, 0.29) is 0 Å². The van der Waals surface area contributed by atoms with Gasteiger partial charge in [-0.25, -0.2) is 0 Å². The van der Waals surface area contributed by atoms with Gasteiger partial charge in [-0.2, -0.15) is 15.0 Å². The highest BCUT2D eigenvalue weighted by Crippen LogP contribution is 2.23. The van der Waals surface area contributed by atoms with Crippen molar-refractivity contribution in [1.29, 1.82) is 0 Å². The number of aromatic nitrogens is 3. The molecule has 2 heterocycles. The van der Waals surface area contributed by atoms with Crippen molar-refractivity contribution in [2.24, 2.45) is 0 Å². The molecule has 1 N–H and O–H groups in total. The molecule has 0 aliphatic rings. The Labute approximate surface area is 111 Å². The van der Waals surface area contributed by atoms with E-state index in [9.17, 15) is 0 Å². The molecule has 0 fully saturated rings. The van der Waals surface area contributed by atoms with Crippen molar-refractivity contribution in [1.82, 2.24) is 15.0 Å². The van der Waals surface area contributed by atoms with Crippen LogP contribution in [0.2, 0.25) is 0 Å². The van der Waals surface area contributed by atoms with Gasteiger partial charge in [-0.15, -0.1) is 11.3 Å². The maximum absolute atomic E-state index is 4.54. The lowest BCUT2D eigenvalue weighted by Crippen LogP contribution is -2.25. The molecule has 0 spiro atoms. The van der Waals surface area contributed by atoms with Crippen LogP contribution in [0, 0.1) is 0 Å². The number of thiophene rings is 1. The van der Waals surface area contributed by atoms with Crippen LogP contribution < -0.4 is 10.2 Å². The molecule has 0 unspecified atom stereocenters. The summed E-state index contributed by atoms with van der Waals surface area (Å²) in [7, 11) is 1.82. The number of anilines is 2. The summed E-state index contributed by atoms with van der Waals surface area (Å²) in [4.78, 5) is 16.5. The minimum Gasteiger partial charge on any atom is -0.357 e. The third-order valence-corrected chi connectivity index (χ3v) is 3.50. The van der Waals surface area contributed by atoms with Crippen LogP contribution >= 0.6 is 11.3 Å². The second-order valence-corrected chi connectivity index (χ2v) is 4.63. The van der Waals surface area contributed by atoms with Crippen molar-refractivity contribution >= 4 is 23.2 Å². The molecule has 2 rings (SSSR count). The van der Waals surface area contributed by atoms with Gasteiger partial charge in [0.15, 0.2) is 5.82 Å². The Morgan fingerprint density at radius 3 is 2.56 bits per heavy atom. The molecule has 0 amide bonds. The van der Waals surface area contributed by atoms with Crippen LogP contribution in [0.3, 0.4) is 0 Å². The van der Waals surface area contributed by atoms with Gasteiger partial charge in [0.05, 0.1) is 4.88 Å². The highest BCUT2D eigenvalue weighted by atomic mass is 32.1. The van der Waals surface area contributed by atoms with Gasteiger partial charge in [0, 0.05) is 20.1 Å². The van der Waals surface area contributed by atoms with Crippen LogP contribution in [0.25, 0.3) is 10.7 Å². The molecule has 0 saturated heterocycles. The largest absolute Gasteiger partial charge is 0.357 e. The molecule has 0 radical (unpaired) electrons. The van der Waals surface area contributed by atoms with Crippen molar-refractivity contribution in [3.63, 3.8) is 0 Å². The van der Waals surface area contributed by atoms with Crippen molar-refractivity contribution in [2.75, 3.05) is 30.4 Å². The van der Waals surface area contributed by atoms with Crippen molar-refractivity contribution in [3.05, 3.63) is 17.5 Å². The Kier molecular flexibility index (Phi) is 4.09. The fraction of sp³-hybridized carbons (Fsp3) is 0.417. The van der Waals surface area contributed by atoms with E-state index in [2.05, 4.69) is 39.0 Å². The van der Waals surface area contributed by atoms with Crippen LogP contribution in [-0.4, -0.2) is 35.1 Å². The third kappa shape index (κ3) is 2.59. The minimum atomic E-state index is 0.607. The Hall–Kier alpha value is -1.69. The molecule has 96 valence electrons. The lowest BCUT2D eigenvalue weighted by Gasteiger charge is -2.19. The summed E-state index contributed by atoms with van der Waals surface area (Å²) in [6, 6.07) is 4.02. The summed E-state index contributed by atoms with van der Waals surface area (Å²) in [6.45, 7) is 5.95. The highest BCUT2D eigenvalue weighted by Gasteiger charge is 2.12. The molecular formula is C12H17N5S. The van der Waals surface area contributed by atoms with Crippen LogP contribution in [-0.2, 0) is 0 Å². The standard InChI is InChI=1S/C12H17N5S/c1-4-17(5-2)12-15-10(9-7-6-8-18-9)14-11(13-3)16-12/h6-8H,4-5H2,1-3H3,(H,13,14,15,16). The summed E-state index contributed by atoms with van der Waals surface area (Å²) >= 11 is 1.63. The topological polar surface area (TPSA) is 53.9 Å². The predicted octanol–water partition coefficient (Wildman–Crippen LogP) is 2.49. The van der Waals surface area contributed by atoms with Gasteiger partial charge >= 0.3 is 0 Å². The Morgan fingerprint density at radius 1 is 1.22 bits per heavy atom. The van der Waals surface area contributed by atoms with Gasteiger partial charge < -0.3 is 10.2 Å². The van der Waals surface area contributed by atoms with Gasteiger partial charge in [-0.3, -0.25) is 0 Å². The molecule has 5 nitrogen and oxygen atoms in total. The molecule has 6 heteroatoms. The lowest BCUT2D eigenvalue weighted by molar-refractivity contribution is 0.815. The zero-order valence-corrected chi connectivity index (χ0v) is 11.7. The summed E-state index contributed by atoms with van der Waals surface area (Å²) in [5, 5.41) is 5.01. The van der Waals surface area contributed by atoms with E-state index in [1.807, 2.05) is 24.6 Å². The van der Waals surface area contributed by atoms with Crippen molar-refractivity contribution in [3.8, 4) is 10.7 Å². The van der Waals surface area contributed by atoms with Crippen LogP contribution in [0.4, 0.5) is 11.9 Å². The first-order valence-electron chi connectivity index (χ1n) is 6.01. The third-order valence-electron chi connectivity index (χ3n) is 2.64. The van der Waals surface area contributed by atoms with E-state index in [4.69, 9.17) is 0 Å². The van der Waals surface area contributed by atoms with Crippen LogP contribution in [0.15, 0.2) is 17.5 Å². The number of nitrogens with one attached hydrogen (secondary N) is 1. The zero-order chi connectivity index (χ0) is 13.0. The van der Waals surface area contributed by atoms with E-state index in [0.717, 1.165) is 29.7 Å². The van der Waals surface area contributed by atoms with E-state index in [0.29, 0.717) is 5.95 Å². The number of hydrogen-bond acceptors (Lipinski definition) is 6. The normalized spacial score (nSPS) is 10.4. The van der Waals surface area contributed by atoms with Gasteiger partial charge in [-0.05, 0) is 25.3 Å². The molecule has 0 saturated carbocycles. The average molecular weight is 263 g/mol. The molecular weight excluding hydrogens is 246 g/mol. The Morgan fingerprint density at radius 2 is 2.00 bits per heavy atom. The van der Waals surface area contributed by atoms with E-state index < -0.39 is 0 Å². The van der Waals surface area contributed by atoms with Crippen LogP contribution in [0.5, 0.6) is 0 Å². The monoisotopic (exact) mass is 263 g/mol. The van der Waals surface area contributed by atoms with Gasteiger partial charge in [0.2, 0.25) is 11.9 Å². The molecule has 0 aliphatic carbocycles. The quantitative estimate of drug-likeness (QED) is 0.898. The molecule has 0 atom stereocenters. The van der Waals surface area contributed by atoms with Crippen LogP contribution in [0.1, 0.15) is 13.8 Å². The minimum absolute atomic E-state index is 0.607. The van der Waals surface area contributed by atoms with Gasteiger partial charge in [0.1, 0.15) is 0 Å². The second-order valence-electron chi connectivity index (χ2n) is 3.68. The number of hydrogen-bond donors (Lipinski definition) is 1. The highest BCUT2D eigenvalue weighted by molar-refractivity contribution is 7.13. The smallest absolute Gasteiger partial charge is 0.230 e. The summed E-state index contributed by atoms with van der Waals surface area (Å²) in [5.74, 6) is 2.06. The van der Waals surface area contributed by atoms with Crippen molar-refractivity contribution < 1.29 is 0 Å². The zero-order valence-electron chi connectivity index (χ0n) is 10.8. The maximum Gasteiger partial charge on any atom is 0.230 e. The summed E-state index contributed by atoms with van der Waals surface area (Å²) in [5.41, 5.74) is 0. The second kappa shape index (κ2) is 5.77. The number of rotatable bonds is 5. The molecule has 0 aromatic carbocycles. The molecule has 0 aliphatic heterocycles. The summed E-state index contributed by atoms with van der Waals surface area (Å²) < 4.78 is 0. The fourth-order valence-corrected chi connectivity index (χ4v) is 2.30. The van der Waals surface area contributed by atoms with Gasteiger partial charge in [-0.1, -0.05) is 6.07 Å². The first-order chi connectivity index (χ1) is 8.78. The fourth-order valence-electron chi connectivity index (χ4n) is 1.64. The molecule has 18 heavy (non-hydrogen) atoms. The maximum atomic E-state index is 4.54. The first kappa shape index (κ1) is 12.8. The average Bonchev–Trinajstić information content (AvgIpc) is 2.94. The number of nitrogens with zero attached hydrogens (tertiary/aromatic N) is 4. The van der Waals surface area contributed by atoms with E-state index in [1.165, 1.54) is 0 Å². The SMILES string of the molecule is CCN(CC)c1nc(NC)nc(-c2cccs2)n1. The summed E-state index contributed by atoms with van der Waals surface area (Å²) in [6.07, 6.45) is 0. The first-order valence-corrected chi connectivity index (χ1v) is 6.89. The Bertz CT molecular complexity index is 493. The van der Waals surface area contributed by atoms with Crippen molar-refractivity contribution in [2.45, 2.75) is 13.8 Å². The van der Waals surface area contributed by atoms with Gasteiger partial charge in [0.25, 0.3) is 0 Å². The molecule has 0 bridgehead atoms. The Balaban J connectivity index is 2.45. The van der Waals surface area contributed by atoms with E-state index in [1.54, 1.807) is 11.3 Å². The molecule has 2 aromatic heterocycles.